The highest BCUT2D eigenvalue weighted by atomic mass is 32.1. The Morgan fingerprint density at radius 3 is 2.93 bits per heavy atom. The Hall–Kier alpha value is -3.00. The number of para-hydroxylation sites is 1. The Balaban J connectivity index is 1.51. The van der Waals surface area contributed by atoms with E-state index in [9.17, 15) is 4.79 Å². The van der Waals surface area contributed by atoms with Gasteiger partial charge in [0.1, 0.15) is 22.8 Å². The number of aromatic nitrogens is 5. The fourth-order valence-corrected chi connectivity index (χ4v) is 4.55. The van der Waals surface area contributed by atoms with Crippen LogP contribution in [0.25, 0.3) is 15.9 Å². The lowest BCUT2D eigenvalue weighted by Gasteiger charge is -2.33. The maximum atomic E-state index is 12.4. The van der Waals surface area contributed by atoms with E-state index in [-0.39, 0.29) is 11.6 Å². The minimum absolute atomic E-state index is 0.154. The van der Waals surface area contributed by atoms with Gasteiger partial charge in [-0.15, -0.1) is 11.3 Å². The zero-order chi connectivity index (χ0) is 18.2. The number of hydrogen-bond acceptors (Lipinski definition) is 6. The quantitative estimate of drug-likeness (QED) is 0.593. The third-order valence-corrected chi connectivity index (χ3v) is 5.86. The predicted molar refractivity (Wildman–Crippen MR) is 106 cm³/mol. The molecule has 27 heavy (non-hydrogen) atoms. The number of nitrogens with zero attached hydrogens (tertiary/aromatic N) is 5. The summed E-state index contributed by atoms with van der Waals surface area (Å²) in [7, 11) is 0. The Morgan fingerprint density at radius 2 is 2.04 bits per heavy atom. The van der Waals surface area contributed by atoms with Gasteiger partial charge in [-0.1, -0.05) is 18.2 Å². The molecular weight excluding hydrogens is 360 g/mol. The van der Waals surface area contributed by atoms with E-state index >= 15 is 0 Å². The summed E-state index contributed by atoms with van der Waals surface area (Å²) in [6.07, 6.45) is 3.65. The molecule has 5 rings (SSSR count). The van der Waals surface area contributed by atoms with E-state index in [2.05, 4.69) is 31.1 Å². The van der Waals surface area contributed by atoms with Gasteiger partial charge in [-0.05, 0) is 36.4 Å². The van der Waals surface area contributed by atoms with Gasteiger partial charge in [0.15, 0.2) is 0 Å². The number of anilines is 1. The second kappa shape index (κ2) is 6.62. The Kier molecular flexibility index (Phi) is 3.97. The smallest absolute Gasteiger partial charge is 0.347 e. The molecule has 0 amide bonds. The maximum absolute atomic E-state index is 12.4. The molecule has 0 bridgehead atoms. The van der Waals surface area contributed by atoms with Crippen molar-refractivity contribution in [3.8, 4) is 5.69 Å². The van der Waals surface area contributed by atoms with Crippen molar-refractivity contribution in [3.05, 3.63) is 64.4 Å². The van der Waals surface area contributed by atoms with Gasteiger partial charge in [-0.25, -0.2) is 24.4 Å². The van der Waals surface area contributed by atoms with Gasteiger partial charge in [0, 0.05) is 19.0 Å². The van der Waals surface area contributed by atoms with Gasteiger partial charge >= 0.3 is 5.69 Å². The molecule has 0 radical (unpaired) electrons. The number of rotatable bonds is 3. The third kappa shape index (κ3) is 2.82. The van der Waals surface area contributed by atoms with E-state index in [4.69, 9.17) is 0 Å². The molecule has 136 valence electrons. The lowest BCUT2D eigenvalue weighted by Crippen LogP contribution is -2.36. The van der Waals surface area contributed by atoms with E-state index in [1.165, 1.54) is 0 Å². The van der Waals surface area contributed by atoms with Crippen LogP contribution in [0, 0.1) is 0 Å². The van der Waals surface area contributed by atoms with Gasteiger partial charge in [0.25, 0.3) is 0 Å². The molecule has 1 aliphatic rings. The number of aromatic amines is 1. The van der Waals surface area contributed by atoms with Crippen molar-refractivity contribution >= 4 is 27.4 Å². The van der Waals surface area contributed by atoms with Crippen LogP contribution < -0.4 is 10.6 Å². The fraction of sp³-hybridized carbons (Fsp3) is 0.263. The SMILES string of the molecule is O=c1[nH]nc(C2CCCN(c3ncnc4sccc34)C2)n1-c1ccccc1. The van der Waals surface area contributed by atoms with E-state index < -0.39 is 0 Å². The lowest BCUT2D eigenvalue weighted by atomic mass is 9.96. The van der Waals surface area contributed by atoms with Crippen LogP contribution in [0.2, 0.25) is 0 Å². The van der Waals surface area contributed by atoms with Crippen molar-refractivity contribution in [2.75, 3.05) is 18.0 Å². The van der Waals surface area contributed by atoms with Crippen LogP contribution in [0.1, 0.15) is 24.6 Å². The van der Waals surface area contributed by atoms with Crippen molar-refractivity contribution in [1.82, 2.24) is 24.7 Å². The first-order valence-electron chi connectivity index (χ1n) is 8.97. The van der Waals surface area contributed by atoms with Gasteiger partial charge in [-0.3, -0.25) is 0 Å². The standard InChI is InChI=1S/C19H18N6OS/c26-19-23-22-16(25(19)14-6-2-1-3-7-14)13-5-4-9-24(11-13)17-15-8-10-27-18(15)21-12-20-17/h1-3,6-8,10,12-13H,4-5,9,11H2,(H,23,26). The van der Waals surface area contributed by atoms with Crippen LogP contribution in [0.5, 0.6) is 0 Å². The topological polar surface area (TPSA) is 79.7 Å². The van der Waals surface area contributed by atoms with Gasteiger partial charge < -0.3 is 4.90 Å². The van der Waals surface area contributed by atoms with Crippen LogP contribution in [-0.4, -0.2) is 37.8 Å². The van der Waals surface area contributed by atoms with Crippen molar-refractivity contribution < 1.29 is 0 Å². The average molecular weight is 378 g/mol. The Labute approximate surface area is 159 Å². The number of H-pyrrole nitrogens is 1. The zero-order valence-electron chi connectivity index (χ0n) is 14.6. The van der Waals surface area contributed by atoms with Crippen LogP contribution in [0.15, 0.2) is 52.9 Å². The molecule has 3 aromatic heterocycles. The van der Waals surface area contributed by atoms with Crippen molar-refractivity contribution in [2.24, 2.45) is 0 Å². The summed E-state index contributed by atoms with van der Waals surface area (Å²) in [5.74, 6) is 1.91. The molecule has 1 N–H and O–H groups in total. The number of piperidine rings is 1. The number of hydrogen-bond donors (Lipinski definition) is 1. The molecule has 0 saturated carbocycles. The minimum atomic E-state index is -0.199. The molecule has 4 heterocycles. The summed E-state index contributed by atoms with van der Waals surface area (Å²) in [6.45, 7) is 1.72. The van der Waals surface area contributed by atoms with E-state index in [0.29, 0.717) is 0 Å². The molecule has 1 unspecified atom stereocenters. The monoisotopic (exact) mass is 378 g/mol. The highest BCUT2D eigenvalue weighted by molar-refractivity contribution is 7.16. The second-order valence-corrected chi connectivity index (χ2v) is 7.57. The van der Waals surface area contributed by atoms with E-state index in [1.54, 1.807) is 22.2 Å². The molecule has 1 aliphatic heterocycles. The van der Waals surface area contributed by atoms with Gasteiger partial charge in [-0.2, -0.15) is 5.10 Å². The van der Waals surface area contributed by atoms with Crippen molar-refractivity contribution in [2.45, 2.75) is 18.8 Å². The summed E-state index contributed by atoms with van der Waals surface area (Å²) in [6, 6.07) is 11.7. The molecule has 8 heteroatoms. The van der Waals surface area contributed by atoms with Crippen LogP contribution in [-0.2, 0) is 0 Å². The summed E-state index contributed by atoms with van der Waals surface area (Å²) < 4.78 is 1.69. The summed E-state index contributed by atoms with van der Waals surface area (Å²) in [5, 5.41) is 10.1. The molecule has 4 aromatic rings. The minimum Gasteiger partial charge on any atom is -0.355 e. The average Bonchev–Trinajstić information content (AvgIpc) is 3.35. The fourth-order valence-electron chi connectivity index (χ4n) is 3.82. The highest BCUT2D eigenvalue weighted by Gasteiger charge is 2.28. The number of benzene rings is 1. The summed E-state index contributed by atoms with van der Waals surface area (Å²) >= 11 is 1.63. The summed E-state index contributed by atoms with van der Waals surface area (Å²) in [5.41, 5.74) is 0.640. The number of thiophene rings is 1. The molecule has 0 aliphatic carbocycles. The first-order chi connectivity index (χ1) is 13.3. The van der Waals surface area contributed by atoms with Crippen LogP contribution in [0.3, 0.4) is 0 Å². The third-order valence-electron chi connectivity index (χ3n) is 5.04. The molecule has 1 atom stereocenters. The predicted octanol–water partition coefficient (Wildman–Crippen LogP) is 2.95. The molecule has 1 aromatic carbocycles. The van der Waals surface area contributed by atoms with E-state index in [0.717, 1.165) is 53.5 Å². The number of nitrogens with one attached hydrogen (secondary N) is 1. The first-order valence-corrected chi connectivity index (χ1v) is 9.85. The maximum Gasteiger partial charge on any atom is 0.347 e. The molecule has 7 nitrogen and oxygen atoms in total. The molecule has 1 saturated heterocycles. The van der Waals surface area contributed by atoms with Gasteiger partial charge in [0.05, 0.1) is 11.1 Å². The molecular formula is C19H18N6OS. The van der Waals surface area contributed by atoms with Crippen LogP contribution in [0.4, 0.5) is 5.82 Å². The van der Waals surface area contributed by atoms with E-state index in [1.807, 2.05) is 35.7 Å². The lowest BCUT2D eigenvalue weighted by molar-refractivity contribution is 0.483. The van der Waals surface area contributed by atoms with Crippen molar-refractivity contribution in [1.29, 1.82) is 0 Å². The van der Waals surface area contributed by atoms with Gasteiger partial charge in [0.2, 0.25) is 0 Å². The molecule has 0 spiro atoms. The molecule has 1 fully saturated rings. The Morgan fingerprint density at radius 1 is 1.15 bits per heavy atom. The van der Waals surface area contributed by atoms with Crippen LogP contribution >= 0.6 is 11.3 Å². The normalized spacial score (nSPS) is 17.5. The zero-order valence-corrected chi connectivity index (χ0v) is 15.4. The Bertz CT molecular complexity index is 1130. The number of fused-ring (bicyclic) bond motifs is 1. The van der Waals surface area contributed by atoms with Crippen molar-refractivity contribution in [3.63, 3.8) is 0 Å². The second-order valence-electron chi connectivity index (χ2n) is 6.68. The summed E-state index contributed by atoms with van der Waals surface area (Å²) in [4.78, 5) is 24.6. The largest absolute Gasteiger partial charge is 0.355 e. The first kappa shape index (κ1) is 16.2. The highest BCUT2D eigenvalue weighted by Crippen LogP contribution is 2.32.